The third-order valence-corrected chi connectivity index (χ3v) is 5.72. The normalized spacial score (nSPS) is 13.7. The van der Waals surface area contributed by atoms with Gasteiger partial charge in [-0.1, -0.05) is 36.0 Å². The number of carbonyl (C=O) groups is 1. The van der Waals surface area contributed by atoms with Gasteiger partial charge in [0.15, 0.2) is 5.16 Å². The first kappa shape index (κ1) is 19.3. The first-order chi connectivity index (χ1) is 14.2. The highest BCUT2D eigenvalue weighted by Gasteiger charge is 2.21. The number of hydrogen-bond acceptors (Lipinski definition) is 6. The lowest BCUT2D eigenvalue weighted by atomic mass is 10.2. The van der Waals surface area contributed by atoms with Crippen LogP contribution in [0.2, 0.25) is 0 Å². The Hall–Kier alpha value is -3.00. The molecule has 0 spiro atoms. The number of ether oxygens (including phenoxy) is 2. The van der Waals surface area contributed by atoms with Gasteiger partial charge in [0, 0.05) is 12.3 Å². The van der Waals surface area contributed by atoms with Crippen molar-refractivity contribution in [2.24, 2.45) is 0 Å². The summed E-state index contributed by atoms with van der Waals surface area (Å²) in [6.45, 7) is 1.99. The maximum atomic E-state index is 13.1. The fraction of sp³-hybridized carbons (Fsp3) is 0.286. The average Bonchev–Trinajstić information content (AvgIpc) is 3.16. The van der Waals surface area contributed by atoms with Crippen LogP contribution < -0.4 is 10.3 Å². The lowest BCUT2D eigenvalue weighted by Gasteiger charge is -2.15. The van der Waals surface area contributed by atoms with Gasteiger partial charge in [0.1, 0.15) is 12.4 Å². The first-order valence-electron chi connectivity index (χ1n) is 9.33. The van der Waals surface area contributed by atoms with Crippen LogP contribution in [0.4, 0.5) is 4.79 Å². The number of methoxy groups -OCH3 is 1. The lowest BCUT2D eigenvalue weighted by molar-refractivity contribution is 0.160. The maximum Gasteiger partial charge on any atom is 0.409 e. The number of amides is 1. The van der Waals surface area contributed by atoms with Gasteiger partial charge in [-0.25, -0.2) is 9.78 Å². The van der Waals surface area contributed by atoms with Gasteiger partial charge in [0.05, 0.1) is 31.1 Å². The highest BCUT2D eigenvalue weighted by Crippen LogP contribution is 2.20. The molecule has 0 N–H and O–H groups in total. The molecule has 0 saturated carbocycles. The van der Waals surface area contributed by atoms with Crippen LogP contribution in [-0.4, -0.2) is 53.1 Å². The van der Waals surface area contributed by atoms with E-state index in [2.05, 4.69) is 0 Å². The van der Waals surface area contributed by atoms with Gasteiger partial charge >= 0.3 is 6.09 Å². The number of aromatic nitrogens is 2. The molecule has 2 heterocycles. The topological polar surface area (TPSA) is 73.7 Å². The molecule has 1 saturated heterocycles. The van der Waals surface area contributed by atoms with E-state index in [1.165, 1.54) is 11.8 Å². The molecule has 1 aromatic heterocycles. The molecular formula is C21H21N3O4S. The van der Waals surface area contributed by atoms with Crippen molar-refractivity contribution in [2.45, 2.75) is 11.7 Å². The van der Waals surface area contributed by atoms with E-state index in [0.717, 1.165) is 11.3 Å². The zero-order valence-electron chi connectivity index (χ0n) is 16.0. The number of hydrogen-bond donors (Lipinski definition) is 0. The number of thioether (sulfide) groups is 1. The van der Waals surface area contributed by atoms with E-state index in [1.54, 1.807) is 22.6 Å². The van der Waals surface area contributed by atoms with Crippen LogP contribution in [0.3, 0.4) is 0 Å². The largest absolute Gasteiger partial charge is 0.497 e. The van der Waals surface area contributed by atoms with Crippen molar-refractivity contribution >= 4 is 28.8 Å². The Morgan fingerprint density at radius 1 is 1.14 bits per heavy atom. The monoisotopic (exact) mass is 411 g/mol. The van der Waals surface area contributed by atoms with Crippen LogP contribution in [0.15, 0.2) is 58.5 Å². The van der Waals surface area contributed by atoms with Crippen molar-refractivity contribution in [2.75, 3.05) is 32.6 Å². The Labute approximate surface area is 172 Å². The third kappa shape index (κ3) is 4.22. The third-order valence-electron chi connectivity index (χ3n) is 4.76. The molecule has 0 bridgehead atoms. The number of nitrogens with zero attached hydrogens (tertiary/aromatic N) is 3. The van der Waals surface area contributed by atoms with Crippen molar-refractivity contribution in [1.82, 2.24) is 14.5 Å². The van der Waals surface area contributed by atoms with Crippen molar-refractivity contribution in [3.05, 3.63) is 64.4 Å². The smallest absolute Gasteiger partial charge is 0.409 e. The van der Waals surface area contributed by atoms with Crippen molar-refractivity contribution in [3.63, 3.8) is 0 Å². The summed E-state index contributed by atoms with van der Waals surface area (Å²) >= 11 is 1.47. The molecule has 1 aliphatic rings. The quantitative estimate of drug-likeness (QED) is 0.440. The molecule has 7 nitrogen and oxygen atoms in total. The molecule has 0 atom stereocenters. The van der Waals surface area contributed by atoms with Crippen molar-refractivity contribution < 1.29 is 14.3 Å². The molecule has 3 aromatic rings. The molecule has 4 rings (SSSR count). The van der Waals surface area contributed by atoms with Gasteiger partial charge in [0.2, 0.25) is 0 Å². The average molecular weight is 411 g/mol. The van der Waals surface area contributed by atoms with E-state index in [0.29, 0.717) is 48.1 Å². The SMILES string of the molecule is COc1ccc(Cn2c(SCCN3CCOC3=O)nc3ccccc3c2=O)cc1. The predicted octanol–water partition coefficient (Wildman–Crippen LogP) is 3.00. The fourth-order valence-corrected chi connectivity index (χ4v) is 4.15. The summed E-state index contributed by atoms with van der Waals surface area (Å²) in [6, 6.07) is 15.0. The number of cyclic esters (lactones) is 1. The Balaban J connectivity index is 1.62. The van der Waals surface area contributed by atoms with E-state index >= 15 is 0 Å². The zero-order chi connectivity index (χ0) is 20.2. The predicted molar refractivity (Wildman–Crippen MR) is 112 cm³/mol. The van der Waals surface area contributed by atoms with Crippen LogP contribution in [0.1, 0.15) is 5.56 Å². The van der Waals surface area contributed by atoms with Crippen LogP contribution >= 0.6 is 11.8 Å². The summed E-state index contributed by atoms with van der Waals surface area (Å²) in [6.07, 6.45) is -0.285. The van der Waals surface area contributed by atoms with Crippen molar-refractivity contribution in [1.29, 1.82) is 0 Å². The second kappa shape index (κ2) is 8.57. The van der Waals surface area contributed by atoms with Gasteiger partial charge < -0.3 is 14.4 Å². The van der Waals surface area contributed by atoms with Gasteiger partial charge in [-0.3, -0.25) is 9.36 Å². The molecule has 1 aliphatic heterocycles. The highest BCUT2D eigenvalue weighted by molar-refractivity contribution is 7.99. The van der Waals surface area contributed by atoms with E-state index in [9.17, 15) is 9.59 Å². The summed E-state index contributed by atoms with van der Waals surface area (Å²) in [5.41, 5.74) is 1.58. The highest BCUT2D eigenvalue weighted by atomic mass is 32.2. The number of fused-ring (bicyclic) bond motifs is 1. The second-order valence-corrected chi connectivity index (χ2v) is 7.66. The fourth-order valence-electron chi connectivity index (χ4n) is 3.19. The Bertz CT molecular complexity index is 1080. The van der Waals surface area contributed by atoms with Crippen LogP contribution in [-0.2, 0) is 11.3 Å². The second-order valence-electron chi connectivity index (χ2n) is 6.60. The zero-order valence-corrected chi connectivity index (χ0v) is 16.9. The summed E-state index contributed by atoms with van der Waals surface area (Å²) in [7, 11) is 1.62. The minimum Gasteiger partial charge on any atom is -0.497 e. The standard InChI is InChI=1S/C21H21N3O4S/c1-27-16-8-6-15(7-9-16)14-24-19(25)17-4-2-3-5-18(17)22-20(24)29-13-11-23-10-12-28-21(23)26/h2-9H,10-14H2,1H3. The molecule has 1 amide bonds. The van der Waals surface area contributed by atoms with Gasteiger partial charge in [-0.2, -0.15) is 0 Å². The van der Waals surface area contributed by atoms with Gasteiger partial charge in [-0.05, 0) is 29.8 Å². The van der Waals surface area contributed by atoms with E-state index in [1.807, 2.05) is 42.5 Å². The number of rotatable bonds is 7. The van der Waals surface area contributed by atoms with E-state index < -0.39 is 0 Å². The van der Waals surface area contributed by atoms with E-state index in [4.69, 9.17) is 14.5 Å². The van der Waals surface area contributed by atoms with Crippen LogP contribution in [0, 0.1) is 0 Å². The van der Waals surface area contributed by atoms with E-state index in [-0.39, 0.29) is 11.7 Å². The van der Waals surface area contributed by atoms with Crippen LogP contribution in [0.5, 0.6) is 5.75 Å². The molecule has 150 valence electrons. The van der Waals surface area contributed by atoms with Crippen molar-refractivity contribution in [3.8, 4) is 5.75 Å². The summed E-state index contributed by atoms with van der Waals surface area (Å²) in [5, 5.41) is 1.23. The molecule has 2 aromatic carbocycles. The van der Waals surface area contributed by atoms with Gasteiger partial charge in [-0.15, -0.1) is 0 Å². The Morgan fingerprint density at radius 2 is 1.93 bits per heavy atom. The Kier molecular flexibility index (Phi) is 5.71. The molecule has 0 aliphatic carbocycles. The van der Waals surface area contributed by atoms with Crippen LogP contribution in [0.25, 0.3) is 10.9 Å². The first-order valence-corrected chi connectivity index (χ1v) is 10.3. The lowest BCUT2D eigenvalue weighted by Crippen LogP contribution is -2.27. The molecule has 0 radical (unpaired) electrons. The minimum atomic E-state index is -0.285. The van der Waals surface area contributed by atoms with Gasteiger partial charge in [0.25, 0.3) is 5.56 Å². The number of carbonyl (C=O) groups excluding carboxylic acids is 1. The summed E-state index contributed by atoms with van der Waals surface area (Å²) in [5.74, 6) is 1.40. The molecule has 0 unspecified atom stereocenters. The number of para-hydroxylation sites is 1. The molecule has 1 fully saturated rings. The minimum absolute atomic E-state index is 0.0745. The summed E-state index contributed by atoms with van der Waals surface area (Å²) < 4.78 is 11.9. The molecular weight excluding hydrogens is 390 g/mol. The molecule has 8 heteroatoms. The maximum absolute atomic E-state index is 13.1. The summed E-state index contributed by atoms with van der Waals surface area (Å²) in [4.78, 5) is 31.2. The molecule has 29 heavy (non-hydrogen) atoms. The Morgan fingerprint density at radius 3 is 2.66 bits per heavy atom. The number of benzene rings is 2.